The standard InChI is InChI=1S/C21H22O3S/c1-14-11-16(3)19(12-15(14)2)20(22)13-24-21(23)10-7-17-5-8-18(25-4)9-6-17/h5-12H,13H2,1-4H3. The molecule has 0 aliphatic heterocycles. The van der Waals surface area contributed by atoms with Crippen molar-refractivity contribution in [2.75, 3.05) is 12.9 Å². The van der Waals surface area contributed by atoms with E-state index in [1.54, 1.807) is 17.8 Å². The maximum atomic E-state index is 12.3. The van der Waals surface area contributed by atoms with Crippen LogP contribution in [0.3, 0.4) is 0 Å². The molecule has 0 aromatic heterocycles. The summed E-state index contributed by atoms with van der Waals surface area (Å²) in [5, 5.41) is 0. The van der Waals surface area contributed by atoms with E-state index in [4.69, 9.17) is 4.74 Å². The number of carbonyl (C=O) groups is 2. The molecule has 0 aliphatic rings. The minimum atomic E-state index is -0.524. The highest BCUT2D eigenvalue weighted by molar-refractivity contribution is 7.98. The van der Waals surface area contributed by atoms with Gasteiger partial charge in [0.15, 0.2) is 6.61 Å². The number of benzene rings is 2. The molecule has 0 unspecified atom stereocenters. The lowest BCUT2D eigenvalue weighted by Gasteiger charge is -2.09. The van der Waals surface area contributed by atoms with Crippen molar-refractivity contribution in [2.45, 2.75) is 25.7 Å². The summed E-state index contributed by atoms with van der Waals surface area (Å²) in [7, 11) is 0. The molecule has 0 saturated carbocycles. The predicted octanol–water partition coefficient (Wildman–Crippen LogP) is 4.77. The number of Topliss-reactive ketones (excluding diaryl/α,β-unsaturated/α-hetero) is 1. The quantitative estimate of drug-likeness (QED) is 0.324. The molecule has 0 aliphatic carbocycles. The fraction of sp³-hybridized carbons (Fsp3) is 0.238. The molecule has 0 fully saturated rings. The largest absolute Gasteiger partial charge is 0.454 e. The van der Waals surface area contributed by atoms with Gasteiger partial charge in [0, 0.05) is 16.5 Å². The number of rotatable bonds is 6. The first-order valence-corrected chi connectivity index (χ1v) is 9.23. The number of carbonyl (C=O) groups excluding carboxylic acids is 2. The predicted molar refractivity (Wildman–Crippen MR) is 103 cm³/mol. The van der Waals surface area contributed by atoms with Gasteiger partial charge >= 0.3 is 5.97 Å². The monoisotopic (exact) mass is 354 g/mol. The van der Waals surface area contributed by atoms with Crippen molar-refractivity contribution < 1.29 is 14.3 Å². The molecule has 0 amide bonds. The summed E-state index contributed by atoms with van der Waals surface area (Å²) in [4.78, 5) is 25.3. The number of hydrogen-bond acceptors (Lipinski definition) is 4. The van der Waals surface area contributed by atoms with E-state index in [0.717, 1.165) is 27.1 Å². The van der Waals surface area contributed by atoms with Gasteiger partial charge in [0.2, 0.25) is 5.78 Å². The first-order chi connectivity index (χ1) is 11.9. The van der Waals surface area contributed by atoms with Gasteiger partial charge in [-0.25, -0.2) is 4.79 Å². The van der Waals surface area contributed by atoms with Gasteiger partial charge in [-0.15, -0.1) is 11.8 Å². The van der Waals surface area contributed by atoms with Crippen LogP contribution in [0.2, 0.25) is 0 Å². The van der Waals surface area contributed by atoms with Crippen LogP contribution < -0.4 is 0 Å². The Labute approximate surface area is 153 Å². The zero-order valence-electron chi connectivity index (χ0n) is 15.0. The van der Waals surface area contributed by atoms with E-state index in [-0.39, 0.29) is 12.4 Å². The van der Waals surface area contributed by atoms with E-state index in [9.17, 15) is 9.59 Å². The Hall–Kier alpha value is -2.33. The second kappa shape index (κ2) is 8.67. The summed E-state index contributed by atoms with van der Waals surface area (Å²) in [6, 6.07) is 11.7. The zero-order valence-corrected chi connectivity index (χ0v) is 15.8. The Balaban J connectivity index is 1.94. The lowest BCUT2D eigenvalue weighted by Crippen LogP contribution is -2.14. The van der Waals surface area contributed by atoms with Crippen molar-refractivity contribution in [1.29, 1.82) is 0 Å². The fourth-order valence-electron chi connectivity index (χ4n) is 2.40. The molecule has 0 saturated heterocycles. The molecule has 2 aromatic carbocycles. The van der Waals surface area contributed by atoms with E-state index < -0.39 is 5.97 Å². The third kappa shape index (κ3) is 5.33. The average molecular weight is 354 g/mol. The van der Waals surface area contributed by atoms with Gasteiger partial charge in [0.05, 0.1) is 0 Å². The topological polar surface area (TPSA) is 43.4 Å². The van der Waals surface area contributed by atoms with Gasteiger partial charge < -0.3 is 4.74 Å². The molecule has 0 spiro atoms. The summed E-state index contributed by atoms with van der Waals surface area (Å²) in [6.07, 6.45) is 5.03. The highest BCUT2D eigenvalue weighted by Gasteiger charge is 2.12. The van der Waals surface area contributed by atoms with Crippen LogP contribution in [0.5, 0.6) is 0 Å². The Morgan fingerprint density at radius 3 is 2.28 bits per heavy atom. The second-order valence-corrected chi connectivity index (χ2v) is 6.77. The lowest BCUT2D eigenvalue weighted by molar-refractivity contribution is -0.136. The smallest absolute Gasteiger partial charge is 0.331 e. The number of ether oxygens (including phenoxy) is 1. The van der Waals surface area contributed by atoms with Crippen LogP contribution in [0.4, 0.5) is 0 Å². The third-order valence-electron chi connectivity index (χ3n) is 4.01. The summed E-state index contributed by atoms with van der Waals surface area (Å²) in [5.74, 6) is -0.713. The zero-order chi connectivity index (χ0) is 18.4. The lowest BCUT2D eigenvalue weighted by atomic mass is 9.98. The molecule has 25 heavy (non-hydrogen) atoms. The van der Waals surface area contributed by atoms with Gasteiger partial charge in [0.1, 0.15) is 0 Å². The number of ketones is 1. The van der Waals surface area contributed by atoms with Crippen LogP contribution in [-0.2, 0) is 9.53 Å². The summed E-state index contributed by atoms with van der Waals surface area (Å²) in [5.41, 5.74) is 4.60. The third-order valence-corrected chi connectivity index (χ3v) is 4.76. The summed E-state index contributed by atoms with van der Waals surface area (Å²) < 4.78 is 5.07. The minimum absolute atomic E-state index is 0.188. The average Bonchev–Trinajstić information content (AvgIpc) is 2.61. The van der Waals surface area contributed by atoms with Crippen molar-refractivity contribution in [3.05, 3.63) is 70.3 Å². The highest BCUT2D eigenvalue weighted by Crippen LogP contribution is 2.17. The molecule has 3 nitrogen and oxygen atoms in total. The maximum Gasteiger partial charge on any atom is 0.331 e. The first-order valence-electron chi connectivity index (χ1n) is 8.00. The maximum absolute atomic E-state index is 12.3. The molecule has 0 bridgehead atoms. The number of esters is 1. The van der Waals surface area contributed by atoms with Gasteiger partial charge in [-0.2, -0.15) is 0 Å². The molecule has 0 atom stereocenters. The van der Waals surface area contributed by atoms with Crippen molar-refractivity contribution in [2.24, 2.45) is 0 Å². The normalized spacial score (nSPS) is 10.9. The Morgan fingerprint density at radius 1 is 1.00 bits per heavy atom. The van der Waals surface area contributed by atoms with Crippen molar-refractivity contribution in [3.63, 3.8) is 0 Å². The van der Waals surface area contributed by atoms with E-state index in [2.05, 4.69) is 0 Å². The molecule has 0 N–H and O–H groups in total. The van der Waals surface area contributed by atoms with Crippen LogP contribution >= 0.6 is 11.8 Å². The molecular formula is C21H22O3S. The fourth-order valence-corrected chi connectivity index (χ4v) is 2.81. The molecule has 0 heterocycles. The minimum Gasteiger partial charge on any atom is -0.454 e. The van der Waals surface area contributed by atoms with Gasteiger partial charge in [0.25, 0.3) is 0 Å². The van der Waals surface area contributed by atoms with E-state index in [1.807, 2.05) is 63.4 Å². The summed E-state index contributed by atoms with van der Waals surface area (Å²) >= 11 is 1.66. The van der Waals surface area contributed by atoms with Gasteiger partial charge in [-0.3, -0.25) is 4.79 Å². The van der Waals surface area contributed by atoms with E-state index in [0.29, 0.717) is 5.56 Å². The SMILES string of the molecule is CSc1ccc(C=CC(=O)OCC(=O)c2cc(C)c(C)cc2C)cc1. The van der Waals surface area contributed by atoms with Gasteiger partial charge in [-0.1, -0.05) is 18.2 Å². The van der Waals surface area contributed by atoms with Crippen molar-refractivity contribution in [3.8, 4) is 0 Å². The number of thioether (sulfide) groups is 1. The van der Waals surface area contributed by atoms with Crippen LogP contribution in [0.15, 0.2) is 47.4 Å². The molecular weight excluding hydrogens is 332 g/mol. The molecule has 130 valence electrons. The molecule has 2 rings (SSSR count). The summed E-state index contributed by atoms with van der Waals surface area (Å²) in [6.45, 7) is 5.60. The number of hydrogen-bond donors (Lipinski definition) is 0. The van der Waals surface area contributed by atoms with Crippen molar-refractivity contribution in [1.82, 2.24) is 0 Å². The highest BCUT2D eigenvalue weighted by atomic mass is 32.2. The Bertz CT molecular complexity index is 805. The van der Waals surface area contributed by atoms with Crippen LogP contribution in [0, 0.1) is 20.8 Å². The Kier molecular flexibility index (Phi) is 6.59. The van der Waals surface area contributed by atoms with E-state index in [1.165, 1.54) is 6.08 Å². The molecule has 0 radical (unpaired) electrons. The van der Waals surface area contributed by atoms with Crippen LogP contribution in [0.25, 0.3) is 6.08 Å². The molecule has 4 heteroatoms. The van der Waals surface area contributed by atoms with E-state index >= 15 is 0 Å². The van der Waals surface area contributed by atoms with Crippen LogP contribution in [-0.4, -0.2) is 24.6 Å². The van der Waals surface area contributed by atoms with Crippen molar-refractivity contribution >= 4 is 29.6 Å². The first kappa shape index (κ1) is 19.0. The second-order valence-electron chi connectivity index (χ2n) is 5.89. The number of aryl methyl sites for hydroxylation is 3. The van der Waals surface area contributed by atoms with Crippen LogP contribution in [0.1, 0.15) is 32.6 Å². The van der Waals surface area contributed by atoms with Gasteiger partial charge in [-0.05, 0) is 73.6 Å². The molecule has 2 aromatic rings. The Morgan fingerprint density at radius 2 is 1.64 bits per heavy atom.